The maximum Gasteiger partial charge on any atom is 0.414 e. The highest BCUT2D eigenvalue weighted by atomic mass is 19.1. The first-order valence-corrected chi connectivity index (χ1v) is 5.92. The Balaban J connectivity index is 1.89. The van der Waals surface area contributed by atoms with E-state index in [4.69, 9.17) is 9.84 Å². The summed E-state index contributed by atoms with van der Waals surface area (Å²) in [5.41, 5.74) is 0.602. The lowest BCUT2D eigenvalue weighted by atomic mass is 10.2. The van der Waals surface area contributed by atoms with Gasteiger partial charge in [0, 0.05) is 0 Å². The molecule has 1 amide bonds. The fourth-order valence-corrected chi connectivity index (χ4v) is 2.01. The normalized spacial score (nSPS) is 18.4. The second-order valence-electron chi connectivity index (χ2n) is 4.27. The summed E-state index contributed by atoms with van der Waals surface area (Å²) in [6.45, 7) is -0.0702. The van der Waals surface area contributed by atoms with Gasteiger partial charge in [-0.25, -0.2) is 18.9 Å². The van der Waals surface area contributed by atoms with Crippen molar-refractivity contribution in [3.8, 4) is 5.69 Å². The van der Waals surface area contributed by atoms with Crippen molar-refractivity contribution in [2.45, 2.75) is 6.10 Å². The van der Waals surface area contributed by atoms with E-state index in [0.29, 0.717) is 5.69 Å². The average molecular weight is 278 g/mol. The van der Waals surface area contributed by atoms with Crippen LogP contribution in [0.25, 0.3) is 5.69 Å². The molecule has 1 atom stereocenters. The minimum atomic E-state index is -0.600. The van der Waals surface area contributed by atoms with E-state index in [2.05, 4.69) is 10.1 Å². The molecular weight excluding hydrogens is 267 g/mol. The molecule has 0 radical (unpaired) electrons. The van der Waals surface area contributed by atoms with Crippen LogP contribution < -0.4 is 4.90 Å². The van der Waals surface area contributed by atoms with E-state index in [9.17, 15) is 9.18 Å². The van der Waals surface area contributed by atoms with Gasteiger partial charge in [0.25, 0.3) is 0 Å². The molecule has 1 N–H and O–H groups in total. The third-order valence-corrected chi connectivity index (χ3v) is 2.99. The third kappa shape index (κ3) is 2.10. The van der Waals surface area contributed by atoms with Gasteiger partial charge in [0.2, 0.25) is 0 Å². The number of benzene rings is 1. The molecule has 1 aromatic carbocycles. The first-order valence-electron chi connectivity index (χ1n) is 5.92. The van der Waals surface area contributed by atoms with E-state index in [1.54, 1.807) is 6.07 Å². The van der Waals surface area contributed by atoms with E-state index in [1.165, 1.54) is 34.4 Å². The van der Waals surface area contributed by atoms with Gasteiger partial charge in [0.05, 0.1) is 18.8 Å². The van der Waals surface area contributed by atoms with Gasteiger partial charge in [0.1, 0.15) is 24.4 Å². The highest BCUT2D eigenvalue weighted by Crippen LogP contribution is 2.24. The summed E-state index contributed by atoms with van der Waals surface area (Å²) in [5.74, 6) is -0.534. The molecule has 7 nitrogen and oxygen atoms in total. The number of carbonyl (C=O) groups excluding carboxylic acids is 1. The standard InChI is InChI=1S/C12H11FN4O3/c13-10-3-8(16-4-9(5-18)20-12(16)19)1-2-11(10)17-7-14-6-15-17/h1-3,6-7,9,18H,4-5H2/t9-/m1/s1. The number of cyclic esters (lactones) is 1. The Morgan fingerprint density at radius 2 is 2.35 bits per heavy atom. The summed E-state index contributed by atoms with van der Waals surface area (Å²) >= 11 is 0. The molecule has 1 saturated heterocycles. The molecule has 1 aromatic heterocycles. The maximum absolute atomic E-state index is 14.1. The quantitative estimate of drug-likeness (QED) is 0.895. The highest BCUT2D eigenvalue weighted by Gasteiger charge is 2.32. The van der Waals surface area contributed by atoms with Crippen LogP contribution in [-0.2, 0) is 4.74 Å². The summed E-state index contributed by atoms with van der Waals surface area (Å²) in [7, 11) is 0. The summed E-state index contributed by atoms with van der Waals surface area (Å²) in [5, 5.41) is 12.8. The van der Waals surface area contributed by atoms with Crippen LogP contribution >= 0.6 is 0 Å². The molecule has 0 unspecified atom stereocenters. The number of aliphatic hydroxyl groups is 1. The molecule has 3 rings (SSSR count). The van der Waals surface area contributed by atoms with E-state index >= 15 is 0 Å². The van der Waals surface area contributed by atoms with Crippen LogP contribution in [0.5, 0.6) is 0 Å². The SMILES string of the molecule is O=C1O[C@@H](CO)CN1c1ccc(-n2cncn2)c(F)c1. The predicted molar refractivity (Wildman–Crippen MR) is 66.0 cm³/mol. The summed E-state index contributed by atoms with van der Waals surface area (Å²) in [4.78, 5) is 16.6. The van der Waals surface area contributed by atoms with Gasteiger partial charge in [-0.15, -0.1) is 0 Å². The van der Waals surface area contributed by atoms with Crippen molar-refractivity contribution in [1.82, 2.24) is 14.8 Å². The fourth-order valence-electron chi connectivity index (χ4n) is 2.01. The maximum atomic E-state index is 14.1. The Morgan fingerprint density at radius 1 is 1.50 bits per heavy atom. The molecule has 0 spiro atoms. The largest absolute Gasteiger partial charge is 0.441 e. The van der Waals surface area contributed by atoms with Crippen molar-refractivity contribution in [1.29, 1.82) is 0 Å². The lowest BCUT2D eigenvalue weighted by molar-refractivity contribution is 0.0963. The predicted octanol–water partition coefficient (Wildman–Crippen LogP) is 0.724. The van der Waals surface area contributed by atoms with Crippen LogP contribution in [0, 0.1) is 5.82 Å². The number of aromatic nitrogens is 3. The first-order chi connectivity index (χ1) is 9.69. The summed E-state index contributed by atoms with van der Waals surface area (Å²) in [6.07, 6.45) is 1.50. The van der Waals surface area contributed by atoms with Gasteiger partial charge in [-0.1, -0.05) is 0 Å². The minimum Gasteiger partial charge on any atom is -0.441 e. The van der Waals surface area contributed by atoms with Gasteiger partial charge in [-0.05, 0) is 18.2 Å². The Kier molecular flexibility index (Phi) is 3.07. The van der Waals surface area contributed by atoms with Crippen molar-refractivity contribution < 1.29 is 19.0 Å². The van der Waals surface area contributed by atoms with Crippen LogP contribution in [0.4, 0.5) is 14.9 Å². The number of aliphatic hydroxyl groups excluding tert-OH is 1. The van der Waals surface area contributed by atoms with Gasteiger partial charge >= 0.3 is 6.09 Å². The smallest absolute Gasteiger partial charge is 0.414 e. The zero-order valence-corrected chi connectivity index (χ0v) is 10.3. The average Bonchev–Trinajstić information content (AvgIpc) is 3.07. The lowest BCUT2D eigenvalue weighted by Crippen LogP contribution is -2.25. The lowest BCUT2D eigenvalue weighted by Gasteiger charge is -2.14. The number of rotatable bonds is 3. The van der Waals surface area contributed by atoms with Gasteiger partial charge in [0.15, 0.2) is 5.82 Å². The van der Waals surface area contributed by atoms with Crippen LogP contribution in [-0.4, -0.2) is 45.2 Å². The van der Waals surface area contributed by atoms with Crippen molar-refractivity contribution >= 4 is 11.8 Å². The molecular formula is C12H11FN4O3. The second-order valence-corrected chi connectivity index (χ2v) is 4.27. The number of halogens is 1. The van der Waals surface area contributed by atoms with Crippen molar-refractivity contribution in [3.05, 3.63) is 36.7 Å². The van der Waals surface area contributed by atoms with Crippen molar-refractivity contribution in [2.75, 3.05) is 18.1 Å². The number of ether oxygens (including phenoxy) is 1. The van der Waals surface area contributed by atoms with E-state index in [-0.39, 0.29) is 18.8 Å². The molecule has 1 aliphatic rings. The van der Waals surface area contributed by atoms with Crippen LogP contribution in [0.2, 0.25) is 0 Å². The topological polar surface area (TPSA) is 80.5 Å². The van der Waals surface area contributed by atoms with Gasteiger partial charge < -0.3 is 9.84 Å². The van der Waals surface area contributed by atoms with E-state index < -0.39 is 18.0 Å². The van der Waals surface area contributed by atoms with Crippen LogP contribution in [0.3, 0.4) is 0 Å². The molecule has 20 heavy (non-hydrogen) atoms. The summed E-state index contributed by atoms with van der Waals surface area (Å²) < 4.78 is 20.3. The Hall–Kier alpha value is -2.48. The molecule has 104 valence electrons. The van der Waals surface area contributed by atoms with Crippen molar-refractivity contribution in [2.24, 2.45) is 0 Å². The molecule has 1 aliphatic heterocycles. The molecule has 0 aliphatic carbocycles. The Bertz CT molecular complexity index is 632. The molecule has 2 heterocycles. The number of hydrogen-bond donors (Lipinski definition) is 1. The minimum absolute atomic E-state index is 0.192. The first kappa shape index (κ1) is 12.5. The molecule has 0 saturated carbocycles. The number of nitrogens with zero attached hydrogens (tertiary/aromatic N) is 4. The fraction of sp³-hybridized carbons (Fsp3) is 0.250. The number of anilines is 1. The number of amides is 1. The molecule has 8 heteroatoms. The number of hydrogen-bond acceptors (Lipinski definition) is 5. The van der Waals surface area contributed by atoms with E-state index in [0.717, 1.165) is 0 Å². The zero-order valence-electron chi connectivity index (χ0n) is 10.3. The second kappa shape index (κ2) is 4.89. The molecule has 0 bridgehead atoms. The van der Waals surface area contributed by atoms with Crippen molar-refractivity contribution in [3.63, 3.8) is 0 Å². The number of carbonyl (C=O) groups is 1. The highest BCUT2D eigenvalue weighted by molar-refractivity contribution is 5.89. The zero-order chi connectivity index (χ0) is 14.1. The molecule has 2 aromatic rings. The van der Waals surface area contributed by atoms with Crippen LogP contribution in [0.15, 0.2) is 30.9 Å². The Labute approximate surface area is 113 Å². The molecule has 1 fully saturated rings. The van der Waals surface area contributed by atoms with Gasteiger partial charge in [-0.2, -0.15) is 5.10 Å². The Morgan fingerprint density at radius 3 is 2.95 bits per heavy atom. The van der Waals surface area contributed by atoms with Gasteiger partial charge in [-0.3, -0.25) is 4.90 Å². The van der Waals surface area contributed by atoms with E-state index in [1.807, 2.05) is 0 Å². The third-order valence-electron chi connectivity index (χ3n) is 2.99. The van der Waals surface area contributed by atoms with Crippen LogP contribution in [0.1, 0.15) is 0 Å². The monoisotopic (exact) mass is 278 g/mol. The summed E-state index contributed by atoms with van der Waals surface area (Å²) in [6, 6.07) is 4.30.